The van der Waals surface area contributed by atoms with E-state index < -0.39 is 11.1 Å². The molecule has 1 fully saturated rings. The minimum atomic E-state index is -0.987. The number of nitrogens with zero attached hydrogens (tertiary/aromatic N) is 2. The molecule has 0 amide bonds. The summed E-state index contributed by atoms with van der Waals surface area (Å²) in [5.41, 5.74) is 4.83. The lowest BCUT2D eigenvalue weighted by molar-refractivity contribution is -0.163. The first-order valence-corrected chi connectivity index (χ1v) is 7.20. The van der Waals surface area contributed by atoms with Crippen molar-refractivity contribution in [2.24, 2.45) is 11.7 Å². The second kappa shape index (κ2) is 4.90. The van der Waals surface area contributed by atoms with Gasteiger partial charge in [-0.1, -0.05) is 0 Å². The Morgan fingerprint density at radius 3 is 2.63 bits per heavy atom. The van der Waals surface area contributed by atoms with Crippen LogP contribution in [0, 0.1) is 5.92 Å². The van der Waals surface area contributed by atoms with Crippen LogP contribution in [-0.2, 0) is 16.1 Å². The summed E-state index contributed by atoms with van der Waals surface area (Å²) >= 11 is 3.34. The average Bonchev–Trinajstić information content (AvgIpc) is 3.02. The Kier molecular flexibility index (Phi) is 3.75. The molecule has 1 unspecified atom stereocenters. The molecule has 2 rings (SSSR count). The van der Waals surface area contributed by atoms with Gasteiger partial charge in [-0.15, -0.1) is 0 Å². The molecule has 0 saturated heterocycles. The highest BCUT2D eigenvalue weighted by Crippen LogP contribution is 2.40. The minimum absolute atomic E-state index is 0.185. The lowest BCUT2D eigenvalue weighted by atomic mass is 9.94. The molecular formula is C13H20BrN3O2. The zero-order valence-corrected chi connectivity index (χ0v) is 13.1. The van der Waals surface area contributed by atoms with E-state index in [1.165, 1.54) is 0 Å². The van der Waals surface area contributed by atoms with Crippen molar-refractivity contribution >= 4 is 21.9 Å². The van der Waals surface area contributed by atoms with Crippen LogP contribution in [0.3, 0.4) is 0 Å². The fraction of sp³-hybridized carbons (Fsp3) is 0.692. The number of carbonyl (C=O) groups excluding carboxylic acids is 1. The van der Waals surface area contributed by atoms with Gasteiger partial charge in [0.15, 0.2) is 0 Å². The molecule has 5 nitrogen and oxygen atoms in total. The molecule has 0 aromatic carbocycles. The van der Waals surface area contributed by atoms with E-state index in [0.29, 0.717) is 6.54 Å². The fourth-order valence-corrected chi connectivity index (χ4v) is 2.35. The maximum atomic E-state index is 12.4. The third-order valence-electron chi connectivity index (χ3n) is 3.11. The normalized spacial score (nSPS) is 19.0. The van der Waals surface area contributed by atoms with Crippen LogP contribution in [0.15, 0.2) is 16.9 Å². The lowest BCUT2D eigenvalue weighted by Crippen LogP contribution is -2.56. The number of carbonyl (C=O) groups is 1. The molecule has 1 aliphatic rings. The molecule has 0 spiro atoms. The Morgan fingerprint density at radius 1 is 1.58 bits per heavy atom. The van der Waals surface area contributed by atoms with Gasteiger partial charge in [0, 0.05) is 6.20 Å². The first-order chi connectivity index (χ1) is 8.71. The standard InChI is InChI=1S/C13H20BrN3O2/c1-12(2,3)19-11(18)13(15,9-4-5-9)8-17-7-10(14)6-16-17/h6-7,9H,4-5,8,15H2,1-3H3. The van der Waals surface area contributed by atoms with E-state index >= 15 is 0 Å². The summed E-state index contributed by atoms with van der Waals surface area (Å²) in [6, 6.07) is 0. The lowest BCUT2D eigenvalue weighted by Gasteiger charge is -2.31. The van der Waals surface area contributed by atoms with Crippen molar-refractivity contribution in [3.63, 3.8) is 0 Å². The van der Waals surface area contributed by atoms with E-state index in [1.807, 2.05) is 27.0 Å². The van der Waals surface area contributed by atoms with Gasteiger partial charge in [-0.3, -0.25) is 4.68 Å². The van der Waals surface area contributed by atoms with Gasteiger partial charge in [0.1, 0.15) is 11.1 Å². The Labute approximate surface area is 121 Å². The number of rotatable bonds is 4. The topological polar surface area (TPSA) is 70.1 Å². The quantitative estimate of drug-likeness (QED) is 0.859. The highest BCUT2D eigenvalue weighted by Gasteiger charge is 2.50. The summed E-state index contributed by atoms with van der Waals surface area (Å²) < 4.78 is 8.02. The van der Waals surface area contributed by atoms with E-state index in [2.05, 4.69) is 21.0 Å². The van der Waals surface area contributed by atoms with Gasteiger partial charge in [-0.2, -0.15) is 5.10 Å². The molecule has 1 aromatic heterocycles. The number of nitrogens with two attached hydrogens (primary N) is 1. The van der Waals surface area contributed by atoms with Crippen LogP contribution in [0.5, 0.6) is 0 Å². The molecule has 0 aliphatic heterocycles. The van der Waals surface area contributed by atoms with Crippen molar-refractivity contribution < 1.29 is 9.53 Å². The summed E-state index contributed by atoms with van der Waals surface area (Å²) in [5, 5.41) is 4.17. The predicted molar refractivity (Wildman–Crippen MR) is 75.4 cm³/mol. The van der Waals surface area contributed by atoms with E-state index in [-0.39, 0.29) is 11.9 Å². The van der Waals surface area contributed by atoms with Crippen LogP contribution in [0.1, 0.15) is 33.6 Å². The number of halogens is 1. The molecule has 1 atom stereocenters. The molecule has 1 heterocycles. The van der Waals surface area contributed by atoms with Crippen LogP contribution < -0.4 is 5.73 Å². The smallest absolute Gasteiger partial charge is 0.328 e. The van der Waals surface area contributed by atoms with Crippen LogP contribution in [0.2, 0.25) is 0 Å². The molecular weight excluding hydrogens is 310 g/mol. The Hall–Kier alpha value is -0.880. The molecule has 2 N–H and O–H groups in total. The molecule has 1 saturated carbocycles. The van der Waals surface area contributed by atoms with Crippen LogP contribution >= 0.6 is 15.9 Å². The van der Waals surface area contributed by atoms with Gasteiger partial charge >= 0.3 is 5.97 Å². The van der Waals surface area contributed by atoms with Crippen molar-refractivity contribution in [3.05, 3.63) is 16.9 Å². The monoisotopic (exact) mass is 329 g/mol. The summed E-state index contributed by atoms with van der Waals surface area (Å²) in [7, 11) is 0. The van der Waals surface area contributed by atoms with Crippen LogP contribution in [0.25, 0.3) is 0 Å². The van der Waals surface area contributed by atoms with Crippen molar-refractivity contribution in [1.82, 2.24) is 9.78 Å². The Morgan fingerprint density at radius 2 is 2.21 bits per heavy atom. The van der Waals surface area contributed by atoms with E-state index in [9.17, 15) is 4.79 Å². The number of hydrogen-bond donors (Lipinski definition) is 1. The van der Waals surface area contributed by atoms with Gasteiger partial charge < -0.3 is 10.5 Å². The van der Waals surface area contributed by atoms with Crippen LogP contribution in [0.4, 0.5) is 0 Å². The Balaban J connectivity index is 2.15. The molecule has 106 valence electrons. The predicted octanol–water partition coefficient (Wildman–Crippen LogP) is 2.09. The summed E-state index contributed by atoms with van der Waals surface area (Å²) in [6.45, 7) is 5.90. The molecule has 1 aliphatic carbocycles. The molecule has 0 radical (unpaired) electrons. The maximum absolute atomic E-state index is 12.4. The zero-order valence-electron chi connectivity index (χ0n) is 11.5. The molecule has 19 heavy (non-hydrogen) atoms. The van der Waals surface area contributed by atoms with E-state index in [0.717, 1.165) is 17.3 Å². The van der Waals surface area contributed by atoms with Gasteiger partial charge in [0.05, 0.1) is 17.2 Å². The second-order valence-corrected chi connectivity index (χ2v) is 7.09. The largest absolute Gasteiger partial charge is 0.459 e. The zero-order chi connectivity index (χ0) is 14.3. The third kappa shape index (κ3) is 3.57. The van der Waals surface area contributed by atoms with Gasteiger partial charge in [0.25, 0.3) is 0 Å². The Bertz CT molecular complexity index is 476. The number of aromatic nitrogens is 2. The van der Waals surface area contributed by atoms with Crippen LogP contribution in [-0.4, -0.2) is 26.9 Å². The molecule has 0 bridgehead atoms. The third-order valence-corrected chi connectivity index (χ3v) is 3.52. The van der Waals surface area contributed by atoms with Crippen molar-refractivity contribution in [3.8, 4) is 0 Å². The highest BCUT2D eigenvalue weighted by atomic mass is 79.9. The first-order valence-electron chi connectivity index (χ1n) is 6.41. The number of hydrogen-bond acceptors (Lipinski definition) is 4. The number of esters is 1. The maximum Gasteiger partial charge on any atom is 0.328 e. The van der Waals surface area contributed by atoms with Gasteiger partial charge in [-0.25, -0.2) is 4.79 Å². The van der Waals surface area contributed by atoms with E-state index in [4.69, 9.17) is 10.5 Å². The van der Waals surface area contributed by atoms with E-state index in [1.54, 1.807) is 10.9 Å². The van der Waals surface area contributed by atoms with Crippen molar-refractivity contribution in [2.75, 3.05) is 0 Å². The molecule has 6 heteroatoms. The SMILES string of the molecule is CC(C)(C)OC(=O)C(N)(Cn1cc(Br)cn1)C1CC1. The van der Waals surface area contributed by atoms with Crippen molar-refractivity contribution in [2.45, 2.75) is 51.3 Å². The second-order valence-electron chi connectivity index (χ2n) is 6.17. The summed E-state index contributed by atoms with van der Waals surface area (Å²) in [6.07, 6.45) is 5.44. The van der Waals surface area contributed by atoms with Gasteiger partial charge in [-0.05, 0) is 55.5 Å². The average molecular weight is 330 g/mol. The number of ether oxygens (including phenoxy) is 1. The summed E-state index contributed by atoms with van der Waals surface area (Å²) in [5.74, 6) is -0.153. The van der Waals surface area contributed by atoms with Gasteiger partial charge in [0.2, 0.25) is 0 Å². The molecule has 1 aromatic rings. The fourth-order valence-electron chi connectivity index (χ4n) is 2.02. The minimum Gasteiger partial charge on any atom is -0.459 e. The summed E-state index contributed by atoms with van der Waals surface area (Å²) in [4.78, 5) is 12.4. The van der Waals surface area contributed by atoms with Crippen molar-refractivity contribution in [1.29, 1.82) is 0 Å². The highest BCUT2D eigenvalue weighted by molar-refractivity contribution is 9.10. The first kappa shape index (κ1) is 14.5.